The van der Waals surface area contributed by atoms with Gasteiger partial charge in [-0.15, -0.1) is 10.2 Å². The number of aryl methyl sites for hydroxylation is 1. The molecule has 2 atom stereocenters. The van der Waals surface area contributed by atoms with Crippen molar-refractivity contribution in [3.8, 4) is 0 Å². The summed E-state index contributed by atoms with van der Waals surface area (Å²) in [5, 5.41) is 14.8. The number of carbonyl (C=O) groups is 1. The van der Waals surface area contributed by atoms with Crippen molar-refractivity contribution in [1.29, 1.82) is 0 Å². The quantitative estimate of drug-likeness (QED) is 0.525. The minimum absolute atomic E-state index is 0.106. The van der Waals surface area contributed by atoms with Crippen LogP contribution < -0.4 is 10.6 Å². The highest BCUT2D eigenvalue weighted by molar-refractivity contribution is 8.02. The fourth-order valence-electron chi connectivity index (χ4n) is 2.44. The molecule has 5 nitrogen and oxygen atoms in total. The second-order valence-electron chi connectivity index (χ2n) is 6.41. The molecule has 0 unspecified atom stereocenters. The first-order valence-corrected chi connectivity index (χ1v) is 10.5. The topological polar surface area (TPSA) is 66.9 Å². The lowest BCUT2D eigenvalue weighted by Crippen LogP contribution is -2.33. The van der Waals surface area contributed by atoms with Crippen molar-refractivity contribution in [2.24, 2.45) is 0 Å². The van der Waals surface area contributed by atoms with Gasteiger partial charge in [-0.25, -0.2) is 4.39 Å². The zero-order chi connectivity index (χ0) is 20.1. The maximum Gasteiger partial charge on any atom is 0.233 e. The fourth-order valence-corrected chi connectivity index (χ4v) is 4.36. The molecule has 8 heteroatoms. The zero-order valence-electron chi connectivity index (χ0n) is 15.8. The van der Waals surface area contributed by atoms with E-state index in [4.69, 9.17) is 0 Å². The Labute approximate surface area is 171 Å². The summed E-state index contributed by atoms with van der Waals surface area (Å²) < 4.78 is 13.7. The molecule has 3 rings (SSSR count). The molecule has 2 aromatic carbocycles. The molecule has 3 aromatic rings. The Morgan fingerprint density at radius 2 is 1.75 bits per heavy atom. The molecule has 0 aliphatic rings. The van der Waals surface area contributed by atoms with E-state index in [1.807, 2.05) is 45.0 Å². The van der Waals surface area contributed by atoms with Crippen LogP contribution in [0.3, 0.4) is 0 Å². The average Bonchev–Trinajstić information content (AvgIpc) is 3.10. The van der Waals surface area contributed by atoms with Gasteiger partial charge in [0.25, 0.3) is 0 Å². The molecular formula is C20H21FN4OS2. The van der Waals surface area contributed by atoms with Gasteiger partial charge in [0.15, 0.2) is 4.34 Å². The van der Waals surface area contributed by atoms with E-state index in [9.17, 15) is 9.18 Å². The van der Waals surface area contributed by atoms with Crippen molar-refractivity contribution in [2.45, 2.75) is 36.4 Å². The molecule has 0 saturated carbocycles. The van der Waals surface area contributed by atoms with Gasteiger partial charge >= 0.3 is 0 Å². The molecule has 146 valence electrons. The van der Waals surface area contributed by atoms with Crippen LogP contribution in [0.2, 0.25) is 0 Å². The maximum absolute atomic E-state index is 13.0. The molecule has 0 saturated heterocycles. The van der Waals surface area contributed by atoms with E-state index in [-0.39, 0.29) is 23.0 Å². The average molecular weight is 417 g/mol. The number of nitrogens with zero attached hydrogens (tertiary/aromatic N) is 2. The molecular weight excluding hydrogens is 395 g/mol. The lowest BCUT2D eigenvalue weighted by atomic mass is 10.1. The number of hydrogen-bond acceptors (Lipinski definition) is 6. The van der Waals surface area contributed by atoms with E-state index in [0.29, 0.717) is 9.47 Å². The van der Waals surface area contributed by atoms with Gasteiger partial charge in [-0.2, -0.15) is 0 Å². The summed E-state index contributed by atoms with van der Waals surface area (Å²) in [6, 6.07) is 13.9. The third-order valence-electron chi connectivity index (χ3n) is 4.08. The maximum atomic E-state index is 13.0. The summed E-state index contributed by atoms with van der Waals surface area (Å²) in [5.74, 6) is -0.400. The van der Waals surface area contributed by atoms with Crippen LogP contribution in [0.15, 0.2) is 52.9 Å². The highest BCUT2D eigenvalue weighted by Gasteiger charge is 2.19. The Kier molecular flexibility index (Phi) is 6.64. The number of aromatic nitrogens is 2. The molecule has 0 aliphatic carbocycles. The van der Waals surface area contributed by atoms with Crippen molar-refractivity contribution >= 4 is 39.8 Å². The second kappa shape index (κ2) is 9.16. The Hall–Kier alpha value is -2.45. The number of carbonyl (C=O) groups excluding carboxylic acids is 1. The lowest BCUT2D eigenvalue weighted by molar-refractivity contribution is -0.120. The van der Waals surface area contributed by atoms with Gasteiger partial charge in [0, 0.05) is 5.69 Å². The van der Waals surface area contributed by atoms with Crippen LogP contribution in [0, 0.1) is 12.7 Å². The molecule has 28 heavy (non-hydrogen) atoms. The van der Waals surface area contributed by atoms with Gasteiger partial charge in [-0.3, -0.25) is 4.79 Å². The number of nitrogens with one attached hydrogen (secondary N) is 2. The minimum atomic E-state index is -0.330. The van der Waals surface area contributed by atoms with E-state index in [1.165, 1.54) is 40.8 Å². The number of benzene rings is 2. The molecule has 0 aliphatic heterocycles. The van der Waals surface area contributed by atoms with Crippen LogP contribution in [0.4, 0.5) is 15.2 Å². The Morgan fingerprint density at radius 1 is 1.07 bits per heavy atom. The van der Waals surface area contributed by atoms with Crippen LogP contribution in [0.1, 0.15) is 31.0 Å². The van der Waals surface area contributed by atoms with E-state index >= 15 is 0 Å². The van der Waals surface area contributed by atoms with Crippen LogP contribution >= 0.6 is 23.1 Å². The number of anilines is 2. The molecule has 1 amide bonds. The smallest absolute Gasteiger partial charge is 0.233 e. The summed E-state index contributed by atoms with van der Waals surface area (Å²) in [6.45, 7) is 5.73. The highest BCUT2D eigenvalue weighted by Crippen LogP contribution is 2.30. The van der Waals surface area contributed by atoms with Crippen molar-refractivity contribution in [3.63, 3.8) is 0 Å². The van der Waals surface area contributed by atoms with E-state index in [2.05, 4.69) is 20.8 Å². The summed E-state index contributed by atoms with van der Waals surface area (Å²) in [4.78, 5) is 12.5. The van der Waals surface area contributed by atoms with Crippen LogP contribution in [-0.4, -0.2) is 21.4 Å². The minimum Gasteiger partial charge on any atom is -0.349 e. The summed E-state index contributed by atoms with van der Waals surface area (Å²) in [5.41, 5.74) is 2.98. The number of rotatable bonds is 7. The van der Waals surface area contributed by atoms with Crippen LogP contribution in [0.5, 0.6) is 0 Å². The molecule has 1 heterocycles. The van der Waals surface area contributed by atoms with Crippen molar-refractivity contribution < 1.29 is 9.18 Å². The van der Waals surface area contributed by atoms with Gasteiger partial charge in [0.05, 0.1) is 11.3 Å². The van der Waals surface area contributed by atoms with Crippen molar-refractivity contribution in [3.05, 3.63) is 65.5 Å². The Balaban J connectivity index is 1.54. The van der Waals surface area contributed by atoms with Crippen molar-refractivity contribution in [1.82, 2.24) is 15.5 Å². The van der Waals surface area contributed by atoms with Crippen molar-refractivity contribution in [2.75, 3.05) is 5.32 Å². The third-order valence-corrected chi connectivity index (χ3v) is 6.11. The molecule has 0 spiro atoms. The molecule has 0 fully saturated rings. The first-order valence-electron chi connectivity index (χ1n) is 8.80. The van der Waals surface area contributed by atoms with Gasteiger partial charge in [-0.05, 0) is 50.6 Å². The molecule has 0 bridgehead atoms. The number of thioether (sulfide) groups is 1. The Morgan fingerprint density at radius 3 is 2.43 bits per heavy atom. The predicted octanol–water partition coefficient (Wildman–Crippen LogP) is 5.09. The normalized spacial score (nSPS) is 13.0. The monoisotopic (exact) mass is 416 g/mol. The van der Waals surface area contributed by atoms with Gasteiger partial charge in [-0.1, -0.05) is 52.9 Å². The SMILES string of the molecule is Cc1ccc(Nc2nnc(S[C@H](C)C(=O)N[C@@H](C)c3ccc(F)cc3)s2)cc1. The standard InChI is InChI=1S/C20H21FN4OS2/c1-12-4-10-17(11-5-12)23-19-24-25-20(28-19)27-14(3)18(26)22-13(2)15-6-8-16(21)9-7-15/h4-11,13-14H,1-3H3,(H,22,26)(H,23,24)/t13-,14+/m0/s1. The number of amides is 1. The van der Waals surface area contributed by atoms with Gasteiger partial charge < -0.3 is 10.6 Å². The Bertz CT molecular complexity index is 928. The first kappa shape index (κ1) is 20.3. The lowest BCUT2D eigenvalue weighted by Gasteiger charge is -2.17. The third kappa shape index (κ3) is 5.53. The number of halogens is 1. The summed E-state index contributed by atoms with van der Waals surface area (Å²) >= 11 is 2.76. The van der Waals surface area contributed by atoms with Crippen LogP contribution in [0.25, 0.3) is 0 Å². The zero-order valence-corrected chi connectivity index (χ0v) is 17.4. The van der Waals surface area contributed by atoms with Gasteiger partial charge in [0.1, 0.15) is 5.82 Å². The van der Waals surface area contributed by atoms with E-state index < -0.39 is 0 Å². The molecule has 0 radical (unpaired) electrons. The molecule has 1 aromatic heterocycles. The highest BCUT2D eigenvalue weighted by atomic mass is 32.2. The van der Waals surface area contributed by atoms with Gasteiger partial charge in [0.2, 0.25) is 11.0 Å². The fraction of sp³-hybridized carbons (Fsp3) is 0.250. The summed E-state index contributed by atoms with van der Waals surface area (Å²) in [7, 11) is 0. The van der Waals surface area contributed by atoms with Crippen LogP contribution in [-0.2, 0) is 4.79 Å². The largest absolute Gasteiger partial charge is 0.349 e. The summed E-state index contributed by atoms with van der Waals surface area (Å²) in [6.07, 6.45) is 0. The predicted molar refractivity (Wildman–Crippen MR) is 113 cm³/mol. The second-order valence-corrected chi connectivity index (χ2v) is 8.97. The number of hydrogen-bond donors (Lipinski definition) is 2. The van der Waals surface area contributed by atoms with E-state index in [0.717, 1.165) is 11.3 Å². The van der Waals surface area contributed by atoms with E-state index in [1.54, 1.807) is 12.1 Å². The molecule has 2 N–H and O–H groups in total. The first-order chi connectivity index (χ1) is 13.4.